The summed E-state index contributed by atoms with van der Waals surface area (Å²) in [4.78, 5) is 16.1. The molecule has 3 aromatic rings. The quantitative estimate of drug-likeness (QED) is 0.653. The van der Waals surface area contributed by atoms with Gasteiger partial charge >= 0.3 is 0 Å². The fraction of sp³-hybridized carbons (Fsp3) is 0.0588. The molecule has 0 saturated carbocycles. The standard InChI is InChI=1S/C17H13F2N3O3S2/c18-11-6-7-14(19)15(8-11)21-16(23)9-12-10-26-17(20-12)22-27(24,25)13-4-2-1-3-5-13/h1-8,10H,9H2,(H,20,22)(H,21,23). The van der Waals surface area contributed by atoms with Gasteiger partial charge in [0.15, 0.2) is 5.13 Å². The number of hydrogen-bond donors (Lipinski definition) is 2. The number of carbonyl (C=O) groups excluding carboxylic acids is 1. The summed E-state index contributed by atoms with van der Waals surface area (Å²) in [6.45, 7) is 0. The van der Waals surface area contributed by atoms with E-state index in [1.165, 1.54) is 17.5 Å². The van der Waals surface area contributed by atoms with Crippen LogP contribution in [-0.2, 0) is 21.2 Å². The molecule has 0 bridgehead atoms. The molecule has 1 heterocycles. The van der Waals surface area contributed by atoms with Gasteiger partial charge in [0.05, 0.1) is 22.7 Å². The minimum atomic E-state index is -3.78. The Kier molecular flexibility index (Phi) is 5.47. The lowest BCUT2D eigenvalue weighted by atomic mass is 10.2. The summed E-state index contributed by atoms with van der Waals surface area (Å²) in [6, 6.07) is 10.5. The molecule has 2 N–H and O–H groups in total. The number of nitrogens with zero attached hydrogens (tertiary/aromatic N) is 1. The second kappa shape index (κ2) is 7.80. The fourth-order valence-electron chi connectivity index (χ4n) is 2.16. The zero-order valence-corrected chi connectivity index (χ0v) is 15.3. The summed E-state index contributed by atoms with van der Waals surface area (Å²) in [5.74, 6) is -2.06. The van der Waals surface area contributed by atoms with Gasteiger partial charge in [-0.3, -0.25) is 9.52 Å². The predicted molar refractivity (Wildman–Crippen MR) is 98.1 cm³/mol. The number of hydrogen-bond acceptors (Lipinski definition) is 5. The van der Waals surface area contributed by atoms with E-state index in [-0.39, 0.29) is 22.1 Å². The Morgan fingerprint density at radius 2 is 1.85 bits per heavy atom. The number of halogens is 2. The van der Waals surface area contributed by atoms with Crippen LogP contribution in [0.4, 0.5) is 19.6 Å². The molecular weight excluding hydrogens is 396 g/mol. The Morgan fingerprint density at radius 1 is 1.11 bits per heavy atom. The molecule has 0 radical (unpaired) electrons. The average molecular weight is 409 g/mol. The van der Waals surface area contributed by atoms with Crippen molar-refractivity contribution in [3.63, 3.8) is 0 Å². The summed E-state index contributed by atoms with van der Waals surface area (Å²) in [5.41, 5.74) is 0.0142. The second-order valence-electron chi connectivity index (χ2n) is 5.41. The number of rotatable bonds is 6. The van der Waals surface area contributed by atoms with Crippen LogP contribution in [-0.4, -0.2) is 19.3 Å². The van der Waals surface area contributed by atoms with Gasteiger partial charge in [-0.05, 0) is 24.3 Å². The van der Waals surface area contributed by atoms with Crippen molar-refractivity contribution in [3.05, 3.63) is 71.2 Å². The third-order valence-corrected chi connectivity index (χ3v) is 5.66. The molecule has 0 aliphatic rings. The number of thiazole rings is 1. The Labute approximate surface area is 157 Å². The Hall–Kier alpha value is -2.85. The number of carbonyl (C=O) groups is 1. The van der Waals surface area contributed by atoms with Gasteiger partial charge in [-0.2, -0.15) is 0 Å². The molecule has 3 rings (SSSR count). The van der Waals surface area contributed by atoms with Crippen LogP contribution in [0.5, 0.6) is 0 Å². The number of sulfonamides is 1. The molecule has 0 fully saturated rings. The zero-order valence-electron chi connectivity index (χ0n) is 13.6. The van der Waals surface area contributed by atoms with Crippen LogP contribution >= 0.6 is 11.3 Å². The van der Waals surface area contributed by atoms with E-state index in [1.807, 2.05) is 0 Å². The molecule has 2 aromatic carbocycles. The summed E-state index contributed by atoms with van der Waals surface area (Å²) >= 11 is 1.01. The largest absolute Gasteiger partial charge is 0.323 e. The highest BCUT2D eigenvalue weighted by Crippen LogP contribution is 2.21. The van der Waals surface area contributed by atoms with E-state index >= 15 is 0 Å². The summed E-state index contributed by atoms with van der Waals surface area (Å²) in [7, 11) is -3.78. The maximum Gasteiger partial charge on any atom is 0.263 e. The zero-order chi connectivity index (χ0) is 19.4. The molecule has 140 valence electrons. The maximum atomic E-state index is 13.5. The van der Waals surface area contributed by atoms with Gasteiger partial charge in [0.25, 0.3) is 10.0 Å². The molecule has 0 unspecified atom stereocenters. The molecule has 1 amide bonds. The maximum absolute atomic E-state index is 13.5. The molecule has 27 heavy (non-hydrogen) atoms. The number of benzene rings is 2. The number of aromatic nitrogens is 1. The highest BCUT2D eigenvalue weighted by Gasteiger charge is 2.17. The molecule has 6 nitrogen and oxygen atoms in total. The Morgan fingerprint density at radius 3 is 2.59 bits per heavy atom. The van der Waals surface area contributed by atoms with Gasteiger partial charge in [-0.1, -0.05) is 18.2 Å². The molecular formula is C17H13F2N3O3S2. The van der Waals surface area contributed by atoms with Crippen LogP contribution in [0.25, 0.3) is 0 Å². The van der Waals surface area contributed by atoms with Crippen molar-refractivity contribution in [3.8, 4) is 0 Å². The highest BCUT2D eigenvalue weighted by molar-refractivity contribution is 7.93. The van der Waals surface area contributed by atoms with Gasteiger partial charge in [-0.25, -0.2) is 22.2 Å². The normalized spacial score (nSPS) is 11.2. The third kappa shape index (κ3) is 4.86. The highest BCUT2D eigenvalue weighted by atomic mass is 32.2. The molecule has 0 spiro atoms. The second-order valence-corrected chi connectivity index (χ2v) is 7.95. The van der Waals surface area contributed by atoms with E-state index < -0.39 is 27.6 Å². The first-order chi connectivity index (χ1) is 12.8. The lowest BCUT2D eigenvalue weighted by molar-refractivity contribution is -0.115. The van der Waals surface area contributed by atoms with Crippen molar-refractivity contribution < 1.29 is 22.0 Å². The molecule has 0 saturated heterocycles. The minimum Gasteiger partial charge on any atom is -0.323 e. The van der Waals surface area contributed by atoms with Crippen molar-refractivity contribution >= 4 is 38.1 Å². The smallest absolute Gasteiger partial charge is 0.263 e. The van der Waals surface area contributed by atoms with Crippen molar-refractivity contribution in [2.75, 3.05) is 10.0 Å². The third-order valence-electron chi connectivity index (χ3n) is 3.37. The Bertz CT molecular complexity index is 1070. The Balaban J connectivity index is 1.66. The van der Waals surface area contributed by atoms with Crippen LogP contribution in [0.15, 0.2) is 58.8 Å². The topological polar surface area (TPSA) is 88.2 Å². The van der Waals surface area contributed by atoms with Gasteiger partial charge in [0, 0.05) is 11.4 Å². The SMILES string of the molecule is O=C(Cc1csc(NS(=O)(=O)c2ccccc2)n1)Nc1cc(F)ccc1F. The van der Waals surface area contributed by atoms with Crippen LogP contribution < -0.4 is 10.0 Å². The predicted octanol–water partition coefficient (Wildman–Crippen LogP) is 3.40. The monoisotopic (exact) mass is 409 g/mol. The van der Waals surface area contributed by atoms with E-state index in [0.717, 1.165) is 29.5 Å². The summed E-state index contributed by atoms with van der Waals surface area (Å²) in [6.07, 6.45) is -0.223. The van der Waals surface area contributed by atoms with Crippen LogP contribution in [0.2, 0.25) is 0 Å². The van der Waals surface area contributed by atoms with Crippen molar-refractivity contribution in [2.24, 2.45) is 0 Å². The summed E-state index contributed by atoms with van der Waals surface area (Å²) < 4.78 is 53.5. The molecule has 0 aliphatic heterocycles. The number of nitrogens with one attached hydrogen (secondary N) is 2. The first kappa shape index (κ1) is 18.9. The average Bonchev–Trinajstić information content (AvgIpc) is 3.05. The van der Waals surface area contributed by atoms with E-state index in [2.05, 4.69) is 15.0 Å². The molecule has 10 heteroatoms. The van der Waals surface area contributed by atoms with Crippen LogP contribution in [0.3, 0.4) is 0 Å². The number of amides is 1. The van der Waals surface area contributed by atoms with E-state index in [0.29, 0.717) is 5.69 Å². The lowest BCUT2D eigenvalue weighted by Gasteiger charge is -2.06. The molecule has 0 atom stereocenters. The van der Waals surface area contributed by atoms with E-state index in [4.69, 9.17) is 0 Å². The van der Waals surface area contributed by atoms with Gasteiger partial charge < -0.3 is 5.32 Å². The summed E-state index contributed by atoms with van der Waals surface area (Å²) in [5, 5.41) is 3.86. The molecule has 1 aromatic heterocycles. The minimum absolute atomic E-state index is 0.0843. The van der Waals surface area contributed by atoms with E-state index in [9.17, 15) is 22.0 Å². The van der Waals surface area contributed by atoms with Gasteiger partial charge in [0.2, 0.25) is 5.91 Å². The van der Waals surface area contributed by atoms with Crippen molar-refractivity contribution in [1.82, 2.24) is 4.98 Å². The van der Waals surface area contributed by atoms with Crippen LogP contribution in [0.1, 0.15) is 5.69 Å². The van der Waals surface area contributed by atoms with E-state index in [1.54, 1.807) is 18.2 Å². The fourth-order valence-corrected chi connectivity index (χ4v) is 4.14. The lowest BCUT2D eigenvalue weighted by Crippen LogP contribution is -2.16. The van der Waals surface area contributed by atoms with Crippen molar-refractivity contribution in [2.45, 2.75) is 11.3 Å². The van der Waals surface area contributed by atoms with Crippen LogP contribution in [0, 0.1) is 11.6 Å². The van der Waals surface area contributed by atoms with Crippen molar-refractivity contribution in [1.29, 1.82) is 0 Å². The van der Waals surface area contributed by atoms with Gasteiger partial charge in [-0.15, -0.1) is 11.3 Å². The van der Waals surface area contributed by atoms with Gasteiger partial charge in [0.1, 0.15) is 11.6 Å². The first-order valence-corrected chi connectivity index (χ1v) is 9.97. The first-order valence-electron chi connectivity index (χ1n) is 7.61. The molecule has 0 aliphatic carbocycles. The number of anilines is 2.